The molecule has 140 valence electrons. The zero-order valence-electron chi connectivity index (χ0n) is 15.9. The zero-order chi connectivity index (χ0) is 18.4. The van der Waals surface area contributed by atoms with Crippen molar-refractivity contribution in [3.8, 4) is 0 Å². The van der Waals surface area contributed by atoms with Gasteiger partial charge in [-0.05, 0) is 37.5 Å². The number of nitrogens with two attached hydrogens (primary N) is 1. The van der Waals surface area contributed by atoms with Crippen molar-refractivity contribution in [2.24, 2.45) is 5.73 Å². The Morgan fingerprint density at radius 1 is 1.36 bits per heavy atom. The number of benzene rings is 1. The quantitative estimate of drug-likeness (QED) is 0.733. The Morgan fingerprint density at radius 3 is 2.80 bits per heavy atom. The summed E-state index contributed by atoms with van der Waals surface area (Å²) in [5.74, 6) is 0.864. The summed E-state index contributed by atoms with van der Waals surface area (Å²) in [6.07, 6.45) is 3.48. The summed E-state index contributed by atoms with van der Waals surface area (Å²) >= 11 is 4.32. The number of amides is 1. The van der Waals surface area contributed by atoms with E-state index in [0.717, 1.165) is 43.7 Å². The molecule has 0 saturated carbocycles. The van der Waals surface area contributed by atoms with Gasteiger partial charge in [0.2, 0.25) is 0 Å². The minimum absolute atomic E-state index is 0.0914. The molecule has 1 heterocycles. The van der Waals surface area contributed by atoms with Crippen molar-refractivity contribution in [1.29, 1.82) is 0 Å². The first-order chi connectivity index (χ1) is 12.0. The van der Waals surface area contributed by atoms with Gasteiger partial charge >= 0.3 is 0 Å². The SMILES string of the molecule is CCCC[C@H]1CN(C(=O)c2cccc(C)c2C)CCN1CC(N)CS. The van der Waals surface area contributed by atoms with Crippen LogP contribution >= 0.6 is 12.6 Å². The van der Waals surface area contributed by atoms with Gasteiger partial charge in [-0.15, -0.1) is 0 Å². The van der Waals surface area contributed by atoms with Gasteiger partial charge in [0.1, 0.15) is 0 Å². The molecule has 1 aliphatic heterocycles. The molecule has 1 saturated heterocycles. The lowest BCUT2D eigenvalue weighted by Crippen LogP contribution is -2.57. The van der Waals surface area contributed by atoms with E-state index in [-0.39, 0.29) is 11.9 Å². The maximum Gasteiger partial charge on any atom is 0.254 e. The second-order valence-electron chi connectivity index (χ2n) is 7.23. The molecule has 1 aromatic rings. The van der Waals surface area contributed by atoms with Crippen LogP contribution in [-0.2, 0) is 0 Å². The standard InChI is InChI=1S/C20H33N3OS/c1-4-5-8-18-13-23(11-10-22(18)12-17(21)14-25)20(24)19-9-6-7-15(2)16(19)3/h6-7,9,17-18,25H,4-5,8,10-14,21H2,1-3H3/t17?,18-/m0/s1. The van der Waals surface area contributed by atoms with Gasteiger partial charge in [0, 0.05) is 49.6 Å². The smallest absolute Gasteiger partial charge is 0.254 e. The average Bonchev–Trinajstić information content (AvgIpc) is 2.62. The van der Waals surface area contributed by atoms with Crippen LogP contribution in [0.25, 0.3) is 0 Å². The maximum absolute atomic E-state index is 13.0. The summed E-state index contributed by atoms with van der Waals surface area (Å²) < 4.78 is 0. The summed E-state index contributed by atoms with van der Waals surface area (Å²) in [6, 6.07) is 6.48. The molecular weight excluding hydrogens is 330 g/mol. The van der Waals surface area contributed by atoms with E-state index in [1.54, 1.807) is 0 Å². The summed E-state index contributed by atoms with van der Waals surface area (Å²) in [6.45, 7) is 9.65. The van der Waals surface area contributed by atoms with Crippen LogP contribution in [0.2, 0.25) is 0 Å². The molecule has 4 nitrogen and oxygen atoms in total. The molecule has 1 amide bonds. The summed E-state index contributed by atoms with van der Waals surface area (Å²) in [7, 11) is 0. The van der Waals surface area contributed by atoms with E-state index in [0.29, 0.717) is 11.8 Å². The molecule has 2 rings (SSSR count). The summed E-state index contributed by atoms with van der Waals surface area (Å²) in [4.78, 5) is 17.5. The summed E-state index contributed by atoms with van der Waals surface area (Å²) in [5, 5.41) is 0. The lowest BCUT2D eigenvalue weighted by molar-refractivity contribution is 0.0447. The minimum Gasteiger partial charge on any atom is -0.336 e. The first-order valence-electron chi connectivity index (χ1n) is 9.43. The van der Waals surface area contributed by atoms with Crippen molar-refractivity contribution in [3.63, 3.8) is 0 Å². The van der Waals surface area contributed by atoms with E-state index < -0.39 is 0 Å². The van der Waals surface area contributed by atoms with Crippen molar-refractivity contribution in [3.05, 3.63) is 34.9 Å². The van der Waals surface area contributed by atoms with Crippen LogP contribution in [0.5, 0.6) is 0 Å². The zero-order valence-corrected chi connectivity index (χ0v) is 16.8. The van der Waals surface area contributed by atoms with Gasteiger partial charge < -0.3 is 10.6 Å². The lowest BCUT2D eigenvalue weighted by atomic mass is 10.00. The van der Waals surface area contributed by atoms with E-state index in [1.165, 1.54) is 18.4 Å². The Labute approximate surface area is 158 Å². The molecule has 0 aromatic heterocycles. The van der Waals surface area contributed by atoms with Crippen molar-refractivity contribution in [2.75, 3.05) is 31.9 Å². The van der Waals surface area contributed by atoms with E-state index in [2.05, 4.69) is 37.4 Å². The van der Waals surface area contributed by atoms with E-state index in [1.807, 2.05) is 24.0 Å². The Kier molecular flexibility index (Phi) is 7.79. The fourth-order valence-corrected chi connectivity index (χ4v) is 3.66. The predicted molar refractivity (Wildman–Crippen MR) is 109 cm³/mol. The van der Waals surface area contributed by atoms with Gasteiger partial charge in [0.15, 0.2) is 0 Å². The van der Waals surface area contributed by atoms with Gasteiger partial charge in [-0.3, -0.25) is 9.69 Å². The number of unbranched alkanes of at least 4 members (excludes halogenated alkanes) is 1. The number of carbonyl (C=O) groups is 1. The highest BCUT2D eigenvalue weighted by atomic mass is 32.1. The molecule has 25 heavy (non-hydrogen) atoms. The largest absolute Gasteiger partial charge is 0.336 e. The highest BCUT2D eigenvalue weighted by molar-refractivity contribution is 7.80. The van der Waals surface area contributed by atoms with Crippen molar-refractivity contribution >= 4 is 18.5 Å². The number of hydrogen-bond acceptors (Lipinski definition) is 4. The van der Waals surface area contributed by atoms with E-state index in [4.69, 9.17) is 5.73 Å². The number of rotatable bonds is 7. The predicted octanol–water partition coefficient (Wildman–Crippen LogP) is 2.88. The van der Waals surface area contributed by atoms with Crippen LogP contribution in [-0.4, -0.2) is 59.7 Å². The Bertz CT molecular complexity index is 578. The molecule has 2 atom stereocenters. The van der Waals surface area contributed by atoms with Crippen LogP contribution < -0.4 is 5.73 Å². The molecule has 2 N–H and O–H groups in total. The summed E-state index contributed by atoms with van der Waals surface area (Å²) in [5.41, 5.74) is 9.23. The first kappa shape index (κ1) is 20.3. The van der Waals surface area contributed by atoms with Crippen molar-refractivity contribution in [2.45, 2.75) is 52.1 Å². The molecule has 0 radical (unpaired) electrons. The third-order valence-corrected chi connectivity index (χ3v) is 5.79. The third-order valence-electron chi connectivity index (χ3n) is 5.32. The third kappa shape index (κ3) is 5.22. The molecule has 0 aliphatic carbocycles. The van der Waals surface area contributed by atoms with Crippen molar-refractivity contribution in [1.82, 2.24) is 9.80 Å². The Hall–Kier alpha value is -1.04. The van der Waals surface area contributed by atoms with Crippen LogP contribution in [0.4, 0.5) is 0 Å². The number of hydrogen-bond donors (Lipinski definition) is 2. The Morgan fingerprint density at radius 2 is 2.12 bits per heavy atom. The van der Waals surface area contributed by atoms with Crippen LogP contribution in [0.15, 0.2) is 18.2 Å². The molecule has 0 spiro atoms. The molecule has 1 aliphatic rings. The molecule has 1 unspecified atom stereocenters. The lowest BCUT2D eigenvalue weighted by Gasteiger charge is -2.42. The van der Waals surface area contributed by atoms with Gasteiger partial charge in [-0.1, -0.05) is 31.9 Å². The monoisotopic (exact) mass is 363 g/mol. The second kappa shape index (κ2) is 9.60. The Balaban J connectivity index is 2.10. The van der Waals surface area contributed by atoms with Crippen LogP contribution in [0.1, 0.15) is 47.7 Å². The van der Waals surface area contributed by atoms with Crippen LogP contribution in [0.3, 0.4) is 0 Å². The first-order valence-corrected chi connectivity index (χ1v) is 10.1. The highest BCUT2D eigenvalue weighted by Crippen LogP contribution is 2.20. The number of nitrogens with zero attached hydrogens (tertiary/aromatic N) is 2. The second-order valence-corrected chi connectivity index (χ2v) is 7.60. The van der Waals surface area contributed by atoms with Gasteiger partial charge in [0.05, 0.1) is 0 Å². The van der Waals surface area contributed by atoms with Gasteiger partial charge in [0.25, 0.3) is 5.91 Å². The highest BCUT2D eigenvalue weighted by Gasteiger charge is 2.30. The van der Waals surface area contributed by atoms with Crippen molar-refractivity contribution < 1.29 is 4.79 Å². The average molecular weight is 364 g/mol. The van der Waals surface area contributed by atoms with E-state index in [9.17, 15) is 4.79 Å². The molecule has 1 fully saturated rings. The topological polar surface area (TPSA) is 49.6 Å². The fourth-order valence-electron chi connectivity index (χ4n) is 3.54. The molecule has 1 aromatic carbocycles. The van der Waals surface area contributed by atoms with E-state index >= 15 is 0 Å². The van der Waals surface area contributed by atoms with Crippen LogP contribution in [0, 0.1) is 13.8 Å². The van der Waals surface area contributed by atoms with Gasteiger partial charge in [-0.2, -0.15) is 12.6 Å². The molecule has 0 bridgehead atoms. The van der Waals surface area contributed by atoms with Gasteiger partial charge in [-0.25, -0.2) is 0 Å². The number of carbonyl (C=O) groups excluding carboxylic acids is 1. The molecule has 5 heteroatoms. The normalized spacial score (nSPS) is 19.9. The number of piperazine rings is 1. The maximum atomic E-state index is 13.0. The molecular formula is C20H33N3OS. The number of thiol groups is 1. The number of aryl methyl sites for hydroxylation is 1. The minimum atomic E-state index is 0.0914. The fraction of sp³-hybridized carbons (Fsp3) is 0.650.